The van der Waals surface area contributed by atoms with Gasteiger partial charge >= 0.3 is 0 Å². The van der Waals surface area contributed by atoms with Crippen LogP contribution in [0.3, 0.4) is 0 Å². The van der Waals surface area contributed by atoms with Gasteiger partial charge in [-0.1, -0.05) is 49.6 Å². The molecule has 0 bridgehead atoms. The van der Waals surface area contributed by atoms with E-state index in [0.29, 0.717) is 5.57 Å². The second-order valence-corrected chi connectivity index (χ2v) is 2.88. The number of benzene rings is 1. The molecule has 1 amide bonds. The van der Waals surface area contributed by atoms with E-state index in [1.54, 1.807) is 12.2 Å². The number of rotatable bonds is 4. The minimum Gasteiger partial charge on any atom is -0.322 e. The van der Waals surface area contributed by atoms with E-state index in [2.05, 4.69) is 18.5 Å². The predicted molar refractivity (Wildman–Crippen MR) is 63.5 cm³/mol. The smallest absolute Gasteiger partial charge is 0.255 e. The normalized spacial score (nSPS) is 10.5. The molecule has 1 aromatic rings. The average molecular weight is 199 g/mol. The lowest BCUT2D eigenvalue weighted by molar-refractivity contribution is -0.112. The van der Waals surface area contributed by atoms with E-state index in [9.17, 15) is 4.79 Å². The highest BCUT2D eigenvalue weighted by Crippen LogP contribution is 2.07. The fourth-order valence-electron chi connectivity index (χ4n) is 1.09. The Morgan fingerprint density at radius 3 is 2.40 bits per heavy atom. The van der Waals surface area contributed by atoms with E-state index >= 15 is 0 Å². The Morgan fingerprint density at radius 2 is 1.87 bits per heavy atom. The Hall–Kier alpha value is -2.09. The minimum absolute atomic E-state index is 0.184. The zero-order valence-electron chi connectivity index (χ0n) is 8.44. The summed E-state index contributed by atoms with van der Waals surface area (Å²) in [5.41, 5.74) is 1.26. The predicted octanol–water partition coefficient (Wildman–Crippen LogP) is 2.92. The van der Waals surface area contributed by atoms with Gasteiger partial charge in [0.15, 0.2) is 0 Å². The van der Waals surface area contributed by atoms with Gasteiger partial charge in [0.1, 0.15) is 0 Å². The highest BCUT2D eigenvalue weighted by atomic mass is 16.1. The quantitative estimate of drug-likeness (QED) is 0.586. The molecule has 1 rings (SSSR count). The third-order valence-electron chi connectivity index (χ3n) is 1.81. The van der Waals surface area contributed by atoms with Crippen LogP contribution in [0.15, 0.2) is 67.3 Å². The van der Waals surface area contributed by atoms with Crippen molar-refractivity contribution in [3.63, 3.8) is 0 Å². The number of nitrogens with one attached hydrogen (secondary N) is 1. The molecule has 15 heavy (non-hydrogen) atoms. The Morgan fingerprint density at radius 1 is 1.20 bits per heavy atom. The number of amides is 1. The summed E-state index contributed by atoms with van der Waals surface area (Å²) in [6, 6.07) is 9.27. The Labute approximate surface area is 89.6 Å². The van der Waals surface area contributed by atoms with Gasteiger partial charge in [0.05, 0.1) is 0 Å². The van der Waals surface area contributed by atoms with E-state index in [0.717, 1.165) is 5.69 Å². The molecule has 76 valence electrons. The Kier molecular flexibility index (Phi) is 4.10. The molecular weight excluding hydrogens is 186 g/mol. The summed E-state index contributed by atoms with van der Waals surface area (Å²) >= 11 is 0. The molecule has 2 nitrogen and oxygen atoms in total. The van der Waals surface area contributed by atoms with E-state index < -0.39 is 0 Å². The van der Waals surface area contributed by atoms with Gasteiger partial charge < -0.3 is 5.32 Å². The molecule has 1 aromatic carbocycles. The van der Waals surface area contributed by atoms with Gasteiger partial charge in [-0.3, -0.25) is 4.79 Å². The first kappa shape index (κ1) is 11.0. The standard InChI is InChI=1S/C13H13NO/c1-3-8-11(4-2)13(15)14-12-9-6-5-7-10-12/h3-10H,1-2H2,(H,14,15)/b11-8+. The molecule has 0 atom stereocenters. The van der Waals surface area contributed by atoms with Crippen molar-refractivity contribution >= 4 is 11.6 Å². The molecule has 0 aliphatic rings. The highest BCUT2D eigenvalue weighted by molar-refractivity contribution is 6.05. The molecule has 0 spiro atoms. The maximum absolute atomic E-state index is 11.6. The number of hydrogen-bond acceptors (Lipinski definition) is 1. The van der Waals surface area contributed by atoms with Gasteiger partial charge in [0, 0.05) is 11.3 Å². The maximum atomic E-state index is 11.6. The SMILES string of the molecule is C=C/C=C(\C=C)C(=O)Nc1ccccc1. The third kappa shape index (κ3) is 3.27. The molecule has 0 radical (unpaired) electrons. The first-order valence-corrected chi connectivity index (χ1v) is 4.59. The number of allylic oxidation sites excluding steroid dienone is 2. The zero-order chi connectivity index (χ0) is 11.1. The summed E-state index contributed by atoms with van der Waals surface area (Å²) in [4.78, 5) is 11.6. The number of carbonyl (C=O) groups is 1. The van der Waals surface area contributed by atoms with Crippen molar-refractivity contribution in [1.29, 1.82) is 0 Å². The second-order valence-electron chi connectivity index (χ2n) is 2.88. The molecule has 0 aliphatic heterocycles. The van der Waals surface area contributed by atoms with E-state index in [1.807, 2.05) is 30.3 Å². The van der Waals surface area contributed by atoms with Crippen LogP contribution in [0.5, 0.6) is 0 Å². The summed E-state index contributed by atoms with van der Waals surface area (Å²) in [5, 5.41) is 2.75. The molecule has 0 fully saturated rings. The van der Waals surface area contributed by atoms with E-state index in [1.165, 1.54) is 6.08 Å². The molecule has 0 heterocycles. The van der Waals surface area contributed by atoms with Crippen LogP contribution in [0.2, 0.25) is 0 Å². The van der Waals surface area contributed by atoms with Crippen molar-refractivity contribution in [2.45, 2.75) is 0 Å². The number of para-hydroxylation sites is 1. The molecule has 0 aromatic heterocycles. The van der Waals surface area contributed by atoms with E-state index in [4.69, 9.17) is 0 Å². The first-order chi connectivity index (χ1) is 7.27. The van der Waals surface area contributed by atoms with Gasteiger partial charge in [0.2, 0.25) is 0 Å². The molecule has 0 saturated carbocycles. The lowest BCUT2D eigenvalue weighted by Crippen LogP contribution is -2.12. The van der Waals surface area contributed by atoms with Crippen LogP contribution in [0.25, 0.3) is 0 Å². The van der Waals surface area contributed by atoms with Crippen molar-refractivity contribution in [1.82, 2.24) is 0 Å². The topological polar surface area (TPSA) is 29.1 Å². The van der Waals surface area contributed by atoms with Crippen LogP contribution < -0.4 is 5.32 Å². The van der Waals surface area contributed by atoms with Gasteiger partial charge in [-0.25, -0.2) is 0 Å². The van der Waals surface area contributed by atoms with Gasteiger partial charge in [-0.2, -0.15) is 0 Å². The minimum atomic E-state index is -0.184. The summed E-state index contributed by atoms with van der Waals surface area (Å²) in [6.45, 7) is 7.10. The fraction of sp³-hybridized carbons (Fsp3) is 0. The monoisotopic (exact) mass is 199 g/mol. The second kappa shape index (κ2) is 5.60. The van der Waals surface area contributed by atoms with Gasteiger partial charge in [-0.15, -0.1) is 0 Å². The van der Waals surface area contributed by atoms with Gasteiger partial charge in [-0.05, 0) is 12.1 Å². The lowest BCUT2D eigenvalue weighted by Gasteiger charge is -2.04. The molecule has 0 saturated heterocycles. The molecule has 1 N–H and O–H groups in total. The first-order valence-electron chi connectivity index (χ1n) is 4.59. The summed E-state index contributed by atoms with van der Waals surface area (Å²) in [7, 11) is 0. The zero-order valence-corrected chi connectivity index (χ0v) is 8.44. The van der Waals surface area contributed by atoms with Crippen LogP contribution in [0.4, 0.5) is 5.69 Å². The summed E-state index contributed by atoms with van der Waals surface area (Å²) in [5.74, 6) is -0.184. The van der Waals surface area contributed by atoms with E-state index in [-0.39, 0.29) is 5.91 Å². The van der Waals surface area contributed by atoms with Crippen LogP contribution in [-0.4, -0.2) is 5.91 Å². The third-order valence-corrected chi connectivity index (χ3v) is 1.81. The lowest BCUT2D eigenvalue weighted by atomic mass is 10.2. The summed E-state index contributed by atoms with van der Waals surface area (Å²) < 4.78 is 0. The average Bonchev–Trinajstić information content (AvgIpc) is 2.27. The Balaban J connectivity index is 2.75. The fourth-order valence-corrected chi connectivity index (χ4v) is 1.09. The molecule has 0 unspecified atom stereocenters. The molecule has 2 heteroatoms. The molecule has 0 aliphatic carbocycles. The summed E-state index contributed by atoms with van der Waals surface area (Å²) in [6.07, 6.45) is 4.67. The van der Waals surface area contributed by atoms with Crippen molar-refractivity contribution in [2.75, 3.05) is 5.32 Å². The van der Waals surface area contributed by atoms with Crippen LogP contribution in [0.1, 0.15) is 0 Å². The number of hydrogen-bond donors (Lipinski definition) is 1. The number of carbonyl (C=O) groups excluding carboxylic acids is 1. The highest BCUT2D eigenvalue weighted by Gasteiger charge is 2.04. The van der Waals surface area contributed by atoms with Crippen molar-refractivity contribution in [3.8, 4) is 0 Å². The van der Waals surface area contributed by atoms with Crippen molar-refractivity contribution in [2.24, 2.45) is 0 Å². The van der Waals surface area contributed by atoms with Crippen LogP contribution >= 0.6 is 0 Å². The number of anilines is 1. The van der Waals surface area contributed by atoms with Crippen LogP contribution in [-0.2, 0) is 4.79 Å². The van der Waals surface area contributed by atoms with Gasteiger partial charge in [0.25, 0.3) is 5.91 Å². The van der Waals surface area contributed by atoms with Crippen molar-refractivity contribution in [3.05, 3.63) is 67.3 Å². The van der Waals surface area contributed by atoms with Crippen molar-refractivity contribution < 1.29 is 4.79 Å². The molecular formula is C13H13NO. The van der Waals surface area contributed by atoms with Crippen LogP contribution in [0, 0.1) is 0 Å². The largest absolute Gasteiger partial charge is 0.322 e. The Bertz CT molecular complexity index is 390. The maximum Gasteiger partial charge on any atom is 0.255 e.